The first-order valence-electron chi connectivity index (χ1n) is 8.21. The Kier molecular flexibility index (Phi) is 2.88. The van der Waals surface area contributed by atoms with E-state index >= 15 is 0 Å². The zero-order chi connectivity index (χ0) is 13.6. The van der Waals surface area contributed by atoms with Crippen molar-refractivity contribution in [2.75, 3.05) is 0 Å². The van der Waals surface area contributed by atoms with Crippen LogP contribution in [0.25, 0.3) is 0 Å². The molecule has 1 aromatic rings. The molecule has 1 aromatic carbocycles. The molecular formula is C19H23N. The lowest BCUT2D eigenvalue weighted by molar-refractivity contribution is -0.0680. The van der Waals surface area contributed by atoms with Gasteiger partial charge in [0.25, 0.3) is 0 Å². The molecule has 4 fully saturated rings. The lowest BCUT2D eigenvalue weighted by Crippen LogP contribution is -2.48. The van der Waals surface area contributed by atoms with Gasteiger partial charge in [0.15, 0.2) is 0 Å². The van der Waals surface area contributed by atoms with Gasteiger partial charge in [-0.25, -0.2) is 0 Å². The van der Waals surface area contributed by atoms with Crippen LogP contribution in [0.3, 0.4) is 0 Å². The summed E-state index contributed by atoms with van der Waals surface area (Å²) >= 11 is 0. The molecule has 0 spiro atoms. The van der Waals surface area contributed by atoms with E-state index in [4.69, 9.17) is 0 Å². The van der Waals surface area contributed by atoms with Gasteiger partial charge in [0, 0.05) is 12.3 Å². The Morgan fingerprint density at radius 3 is 2.05 bits per heavy atom. The van der Waals surface area contributed by atoms with Gasteiger partial charge in [0.2, 0.25) is 0 Å². The molecule has 0 heterocycles. The van der Waals surface area contributed by atoms with Crippen LogP contribution in [0.1, 0.15) is 56.4 Å². The standard InChI is InChI=1S/C19H23N/c20-7-6-18(17-4-2-1-3-5-17)19-11-14-8-15(12-19)10-16(9-14)13-19/h1-5,14-16,18H,6,8-13H2. The van der Waals surface area contributed by atoms with E-state index in [0.717, 1.165) is 17.8 Å². The topological polar surface area (TPSA) is 23.8 Å². The fourth-order valence-corrected chi connectivity index (χ4v) is 6.07. The van der Waals surface area contributed by atoms with Crippen molar-refractivity contribution < 1.29 is 0 Å². The molecule has 0 saturated heterocycles. The second-order valence-electron chi connectivity index (χ2n) is 7.61. The molecule has 1 heteroatoms. The number of hydrogen-bond donors (Lipinski definition) is 0. The molecule has 0 aliphatic heterocycles. The van der Waals surface area contributed by atoms with E-state index in [1.54, 1.807) is 0 Å². The SMILES string of the molecule is N#CCC(c1ccccc1)C12CC3CC(CC(C3)C1)C2. The van der Waals surface area contributed by atoms with Crippen molar-refractivity contribution in [2.24, 2.45) is 23.2 Å². The maximum Gasteiger partial charge on any atom is 0.0628 e. The van der Waals surface area contributed by atoms with Crippen molar-refractivity contribution in [2.45, 2.75) is 50.9 Å². The zero-order valence-electron chi connectivity index (χ0n) is 12.1. The van der Waals surface area contributed by atoms with Gasteiger partial charge in [0.1, 0.15) is 0 Å². The van der Waals surface area contributed by atoms with Crippen LogP contribution in [0, 0.1) is 34.5 Å². The first-order valence-corrected chi connectivity index (χ1v) is 8.21. The van der Waals surface area contributed by atoms with E-state index in [2.05, 4.69) is 36.4 Å². The molecule has 1 nitrogen and oxygen atoms in total. The first kappa shape index (κ1) is 12.5. The summed E-state index contributed by atoms with van der Waals surface area (Å²) in [7, 11) is 0. The molecule has 4 saturated carbocycles. The third-order valence-electron chi connectivity index (χ3n) is 6.32. The summed E-state index contributed by atoms with van der Waals surface area (Å²) in [5.74, 6) is 3.37. The molecule has 0 amide bonds. The van der Waals surface area contributed by atoms with Crippen molar-refractivity contribution in [3.8, 4) is 6.07 Å². The molecule has 1 unspecified atom stereocenters. The van der Waals surface area contributed by atoms with Crippen LogP contribution >= 0.6 is 0 Å². The van der Waals surface area contributed by atoms with E-state index in [1.165, 1.54) is 44.1 Å². The summed E-state index contributed by atoms with van der Waals surface area (Å²) in [5.41, 5.74) is 1.86. The molecule has 104 valence electrons. The molecular weight excluding hydrogens is 242 g/mol. The van der Waals surface area contributed by atoms with Crippen LogP contribution in [0.15, 0.2) is 30.3 Å². The van der Waals surface area contributed by atoms with Gasteiger partial charge in [-0.15, -0.1) is 0 Å². The Morgan fingerprint density at radius 1 is 1.00 bits per heavy atom. The second-order valence-corrected chi connectivity index (χ2v) is 7.61. The highest BCUT2D eigenvalue weighted by Gasteiger charge is 2.54. The lowest BCUT2D eigenvalue weighted by atomic mass is 9.45. The van der Waals surface area contributed by atoms with Gasteiger partial charge in [-0.2, -0.15) is 5.26 Å². The number of benzene rings is 1. The van der Waals surface area contributed by atoms with Crippen LogP contribution < -0.4 is 0 Å². The predicted octanol–water partition coefficient (Wildman–Crippen LogP) is 4.90. The molecule has 4 aliphatic rings. The van der Waals surface area contributed by atoms with E-state index in [0.29, 0.717) is 17.8 Å². The van der Waals surface area contributed by atoms with Crippen molar-refractivity contribution >= 4 is 0 Å². The summed E-state index contributed by atoms with van der Waals surface area (Å²) in [6.07, 6.45) is 9.31. The highest BCUT2D eigenvalue weighted by molar-refractivity contribution is 5.25. The predicted molar refractivity (Wildman–Crippen MR) is 80.0 cm³/mol. The maximum absolute atomic E-state index is 9.35. The van der Waals surface area contributed by atoms with Gasteiger partial charge >= 0.3 is 0 Å². The molecule has 4 aliphatic carbocycles. The molecule has 0 N–H and O–H groups in total. The monoisotopic (exact) mass is 265 g/mol. The van der Waals surface area contributed by atoms with Gasteiger partial charge in [-0.3, -0.25) is 0 Å². The van der Waals surface area contributed by atoms with Crippen molar-refractivity contribution in [3.63, 3.8) is 0 Å². The van der Waals surface area contributed by atoms with Crippen LogP contribution in [0.5, 0.6) is 0 Å². The largest absolute Gasteiger partial charge is 0.198 e. The molecule has 20 heavy (non-hydrogen) atoms. The van der Waals surface area contributed by atoms with Crippen molar-refractivity contribution in [3.05, 3.63) is 35.9 Å². The van der Waals surface area contributed by atoms with Crippen LogP contribution in [0.4, 0.5) is 0 Å². The Bertz CT molecular complexity index is 489. The lowest BCUT2D eigenvalue weighted by Gasteiger charge is -2.59. The first-order chi connectivity index (χ1) is 9.79. The van der Waals surface area contributed by atoms with E-state index < -0.39 is 0 Å². The third kappa shape index (κ3) is 1.89. The number of hydrogen-bond acceptors (Lipinski definition) is 1. The van der Waals surface area contributed by atoms with E-state index in [1.807, 2.05) is 0 Å². The van der Waals surface area contributed by atoms with Crippen molar-refractivity contribution in [1.29, 1.82) is 5.26 Å². The summed E-state index contributed by atoms with van der Waals surface area (Å²) < 4.78 is 0. The summed E-state index contributed by atoms with van der Waals surface area (Å²) in [6.45, 7) is 0. The normalized spacial score (nSPS) is 39.5. The van der Waals surface area contributed by atoms with E-state index in [-0.39, 0.29) is 0 Å². The average molecular weight is 265 g/mol. The highest BCUT2D eigenvalue weighted by atomic mass is 14.6. The number of rotatable bonds is 3. The summed E-state index contributed by atoms with van der Waals surface area (Å²) in [4.78, 5) is 0. The van der Waals surface area contributed by atoms with Crippen LogP contribution in [-0.4, -0.2) is 0 Å². The molecule has 5 rings (SSSR count). The van der Waals surface area contributed by atoms with Gasteiger partial charge < -0.3 is 0 Å². The third-order valence-corrected chi connectivity index (χ3v) is 6.32. The number of nitriles is 1. The maximum atomic E-state index is 9.35. The Labute approximate surface area is 122 Å². The second kappa shape index (κ2) is 4.62. The van der Waals surface area contributed by atoms with Crippen LogP contribution in [0.2, 0.25) is 0 Å². The fraction of sp³-hybridized carbons (Fsp3) is 0.632. The quantitative estimate of drug-likeness (QED) is 0.762. The molecule has 1 atom stereocenters. The van der Waals surface area contributed by atoms with Gasteiger partial charge in [-0.05, 0) is 67.3 Å². The number of nitrogens with zero attached hydrogens (tertiary/aromatic N) is 1. The molecule has 0 aromatic heterocycles. The molecule has 0 radical (unpaired) electrons. The minimum atomic E-state index is 0.450. The Hall–Kier alpha value is -1.29. The smallest absolute Gasteiger partial charge is 0.0628 e. The Morgan fingerprint density at radius 2 is 1.55 bits per heavy atom. The minimum Gasteiger partial charge on any atom is -0.198 e. The summed E-state index contributed by atoms with van der Waals surface area (Å²) in [6, 6.07) is 13.4. The molecule has 4 bridgehead atoms. The van der Waals surface area contributed by atoms with Crippen molar-refractivity contribution in [1.82, 2.24) is 0 Å². The van der Waals surface area contributed by atoms with E-state index in [9.17, 15) is 5.26 Å². The highest BCUT2D eigenvalue weighted by Crippen LogP contribution is 2.65. The average Bonchev–Trinajstić information content (AvgIpc) is 2.44. The zero-order valence-corrected chi connectivity index (χ0v) is 12.1. The minimum absolute atomic E-state index is 0.450. The van der Waals surface area contributed by atoms with Crippen LogP contribution in [-0.2, 0) is 0 Å². The van der Waals surface area contributed by atoms with Gasteiger partial charge in [0.05, 0.1) is 6.07 Å². The summed E-state index contributed by atoms with van der Waals surface area (Å²) in [5, 5.41) is 9.35. The fourth-order valence-electron chi connectivity index (χ4n) is 6.07. The Balaban J connectivity index is 1.71. The van der Waals surface area contributed by atoms with Gasteiger partial charge in [-0.1, -0.05) is 30.3 Å².